The molecule has 1 rings (SSSR count). The van der Waals surface area contributed by atoms with E-state index >= 15 is 0 Å². The fourth-order valence-corrected chi connectivity index (χ4v) is 1.47. The van der Waals surface area contributed by atoms with Gasteiger partial charge in [-0.15, -0.1) is 0 Å². The van der Waals surface area contributed by atoms with E-state index in [1.807, 2.05) is 0 Å². The van der Waals surface area contributed by atoms with E-state index in [1.54, 1.807) is 6.20 Å². The number of rotatable bonds is 3. The summed E-state index contributed by atoms with van der Waals surface area (Å²) in [6.07, 6.45) is 1.58. The SMILES string of the molecule is CC(C)NCc1cnc(F)cc1I. The molecule has 0 aliphatic heterocycles. The third kappa shape index (κ3) is 3.56. The Morgan fingerprint density at radius 2 is 2.31 bits per heavy atom. The Hall–Kier alpha value is -0.230. The predicted molar refractivity (Wildman–Crippen MR) is 58.9 cm³/mol. The molecule has 0 radical (unpaired) electrons. The first kappa shape index (κ1) is 10.8. The van der Waals surface area contributed by atoms with Crippen molar-refractivity contribution >= 4 is 22.6 Å². The minimum atomic E-state index is -0.419. The molecule has 1 heterocycles. The van der Waals surface area contributed by atoms with Gasteiger partial charge in [0, 0.05) is 28.4 Å². The average molecular weight is 294 g/mol. The van der Waals surface area contributed by atoms with Gasteiger partial charge in [0.25, 0.3) is 0 Å². The minimum Gasteiger partial charge on any atom is -0.310 e. The molecule has 0 atom stereocenters. The number of nitrogens with zero attached hydrogens (tertiary/aromatic N) is 1. The molecule has 0 amide bonds. The average Bonchev–Trinajstić information content (AvgIpc) is 2.02. The van der Waals surface area contributed by atoms with Gasteiger partial charge >= 0.3 is 0 Å². The van der Waals surface area contributed by atoms with E-state index in [2.05, 4.69) is 46.7 Å². The second kappa shape index (κ2) is 4.85. The zero-order valence-corrected chi connectivity index (χ0v) is 9.80. The summed E-state index contributed by atoms with van der Waals surface area (Å²) in [7, 11) is 0. The Kier molecular flexibility index (Phi) is 4.05. The van der Waals surface area contributed by atoms with Gasteiger partial charge in [0.05, 0.1) is 0 Å². The summed E-state index contributed by atoms with van der Waals surface area (Å²) in [5.74, 6) is -0.419. The largest absolute Gasteiger partial charge is 0.310 e. The first-order valence-electron chi connectivity index (χ1n) is 4.13. The number of hydrogen-bond acceptors (Lipinski definition) is 2. The molecule has 0 spiro atoms. The molecule has 1 aromatic rings. The molecule has 0 saturated carbocycles. The first-order chi connectivity index (χ1) is 6.09. The molecule has 0 fully saturated rings. The van der Waals surface area contributed by atoms with Crippen LogP contribution in [0.2, 0.25) is 0 Å². The fraction of sp³-hybridized carbons (Fsp3) is 0.444. The van der Waals surface area contributed by atoms with E-state index in [9.17, 15) is 4.39 Å². The van der Waals surface area contributed by atoms with Crippen LogP contribution in [0.25, 0.3) is 0 Å². The standard InChI is InChI=1S/C9H12FIN2/c1-6(2)12-4-7-5-13-9(10)3-8(7)11/h3,5-6,12H,4H2,1-2H3. The van der Waals surface area contributed by atoms with Crippen molar-refractivity contribution in [3.05, 3.63) is 27.3 Å². The van der Waals surface area contributed by atoms with Gasteiger partial charge in [0.15, 0.2) is 0 Å². The van der Waals surface area contributed by atoms with Crippen LogP contribution in [0.5, 0.6) is 0 Å². The molecule has 72 valence electrons. The Balaban J connectivity index is 2.67. The number of hydrogen-bond donors (Lipinski definition) is 1. The van der Waals surface area contributed by atoms with E-state index in [0.717, 1.165) is 15.7 Å². The van der Waals surface area contributed by atoms with Crippen LogP contribution >= 0.6 is 22.6 Å². The van der Waals surface area contributed by atoms with Crippen molar-refractivity contribution in [2.45, 2.75) is 26.4 Å². The van der Waals surface area contributed by atoms with Crippen LogP contribution in [0.4, 0.5) is 4.39 Å². The fourth-order valence-electron chi connectivity index (χ4n) is 0.880. The van der Waals surface area contributed by atoms with Crippen molar-refractivity contribution < 1.29 is 4.39 Å². The Labute approximate surface area is 91.1 Å². The maximum atomic E-state index is 12.6. The molecule has 0 saturated heterocycles. The van der Waals surface area contributed by atoms with Crippen LogP contribution in [-0.4, -0.2) is 11.0 Å². The summed E-state index contributed by atoms with van der Waals surface area (Å²) in [5.41, 5.74) is 1.04. The van der Waals surface area contributed by atoms with Crippen molar-refractivity contribution in [2.24, 2.45) is 0 Å². The van der Waals surface area contributed by atoms with Crippen molar-refractivity contribution in [3.63, 3.8) is 0 Å². The lowest BCUT2D eigenvalue weighted by molar-refractivity contribution is 0.567. The van der Waals surface area contributed by atoms with Crippen molar-refractivity contribution in [1.29, 1.82) is 0 Å². The molecule has 1 N–H and O–H groups in total. The Morgan fingerprint density at radius 3 is 2.85 bits per heavy atom. The third-order valence-electron chi connectivity index (χ3n) is 1.60. The van der Waals surface area contributed by atoms with Crippen LogP contribution in [0.3, 0.4) is 0 Å². The number of aromatic nitrogens is 1. The van der Waals surface area contributed by atoms with Gasteiger partial charge in [-0.05, 0) is 28.2 Å². The quantitative estimate of drug-likeness (QED) is 0.683. The summed E-state index contributed by atoms with van der Waals surface area (Å²) in [6, 6.07) is 1.87. The molecule has 4 heteroatoms. The lowest BCUT2D eigenvalue weighted by atomic mass is 10.2. The van der Waals surface area contributed by atoms with Gasteiger partial charge in [0.2, 0.25) is 5.95 Å². The topological polar surface area (TPSA) is 24.9 Å². The van der Waals surface area contributed by atoms with Crippen LogP contribution in [0.1, 0.15) is 19.4 Å². The number of halogens is 2. The van der Waals surface area contributed by atoms with E-state index in [1.165, 1.54) is 6.07 Å². The third-order valence-corrected chi connectivity index (χ3v) is 2.60. The van der Waals surface area contributed by atoms with Gasteiger partial charge < -0.3 is 5.32 Å². The highest BCUT2D eigenvalue weighted by atomic mass is 127. The zero-order valence-electron chi connectivity index (χ0n) is 7.64. The molecule has 0 bridgehead atoms. The second-order valence-electron chi connectivity index (χ2n) is 3.13. The van der Waals surface area contributed by atoms with Crippen LogP contribution in [-0.2, 0) is 6.54 Å². The monoisotopic (exact) mass is 294 g/mol. The van der Waals surface area contributed by atoms with Gasteiger partial charge in [0.1, 0.15) is 0 Å². The van der Waals surface area contributed by atoms with Crippen molar-refractivity contribution in [2.75, 3.05) is 0 Å². The van der Waals surface area contributed by atoms with E-state index in [4.69, 9.17) is 0 Å². The molecule has 0 aliphatic carbocycles. The lowest BCUT2D eigenvalue weighted by Crippen LogP contribution is -2.22. The Morgan fingerprint density at radius 1 is 1.62 bits per heavy atom. The zero-order chi connectivity index (χ0) is 9.84. The number of nitrogens with one attached hydrogen (secondary N) is 1. The van der Waals surface area contributed by atoms with Crippen molar-refractivity contribution in [1.82, 2.24) is 10.3 Å². The molecular formula is C9H12FIN2. The molecule has 2 nitrogen and oxygen atoms in total. The highest BCUT2D eigenvalue weighted by molar-refractivity contribution is 14.1. The molecule has 0 aromatic carbocycles. The molecular weight excluding hydrogens is 282 g/mol. The summed E-state index contributed by atoms with van der Waals surface area (Å²) in [5, 5.41) is 3.25. The van der Waals surface area contributed by atoms with Gasteiger partial charge in [-0.25, -0.2) is 4.98 Å². The molecule has 1 aromatic heterocycles. The second-order valence-corrected chi connectivity index (χ2v) is 4.30. The van der Waals surface area contributed by atoms with E-state index in [-0.39, 0.29) is 0 Å². The Bertz CT molecular complexity index is 289. The van der Waals surface area contributed by atoms with Crippen LogP contribution in [0.15, 0.2) is 12.3 Å². The van der Waals surface area contributed by atoms with Gasteiger partial charge in [-0.2, -0.15) is 4.39 Å². The maximum Gasteiger partial charge on any atom is 0.213 e. The van der Waals surface area contributed by atoms with Crippen LogP contribution in [0, 0.1) is 9.52 Å². The van der Waals surface area contributed by atoms with E-state index in [0.29, 0.717) is 6.04 Å². The lowest BCUT2D eigenvalue weighted by Gasteiger charge is -2.08. The minimum absolute atomic E-state index is 0.419. The molecule has 13 heavy (non-hydrogen) atoms. The summed E-state index contributed by atoms with van der Waals surface area (Å²) in [6.45, 7) is 4.89. The molecule has 0 aliphatic rings. The highest BCUT2D eigenvalue weighted by Crippen LogP contribution is 2.11. The van der Waals surface area contributed by atoms with Crippen LogP contribution < -0.4 is 5.32 Å². The summed E-state index contributed by atoms with van der Waals surface area (Å²) in [4.78, 5) is 3.61. The predicted octanol–water partition coefficient (Wildman–Crippen LogP) is 2.32. The maximum absolute atomic E-state index is 12.6. The normalized spacial score (nSPS) is 10.8. The van der Waals surface area contributed by atoms with E-state index < -0.39 is 5.95 Å². The summed E-state index contributed by atoms with van der Waals surface area (Å²) < 4.78 is 13.5. The smallest absolute Gasteiger partial charge is 0.213 e. The highest BCUT2D eigenvalue weighted by Gasteiger charge is 2.02. The first-order valence-corrected chi connectivity index (χ1v) is 5.21. The molecule has 0 unspecified atom stereocenters. The summed E-state index contributed by atoms with van der Waals surface area (Å²) >= 11 is 2.11. The van der Waals surface area contributed by atoms with Gasteiger partial charge in [-0.3, -0.25) is 0 Å². The van der Waals surface area contributed by atoms with Crippen molar-refractivity contribution in [3.8, 4) is 0 Å². The van der Waals surface area contributed by atoms with Gasteiger partial charge in [-0.1, -0.05) is 13.8 Å². The number of pyridine rings is 1.